The zero-order valence-corrected chi connectivity index (χ0v) is 10.8. The van der Waals surface area contributed by atoms with Crippen LogP contribution >= 0.6 is 0 Å². The van der Waals surface area contributed by atoms with Crippen LogP contribution in [-0.4, -0.2) is 35.2 Å². The number of alkyl halides is 3. The third-order valence-corrected chi connectivity index (χ3v) is 2.59. The highest BCUT2D eigenvalue weighted by Crippen LogP contribution is 2.21. The highest BCUT2D eigenvalue weighted by molar-refractivity contribution is 5.94. The van der Waals surface area contributed by atoms with Crippen LogP contribution < -0.4 is 0 Å². The maximum atomic E-state index is 12.4. The molecule has 0 aromatic heterocycles. The van der Waals surface area contributed by atoms with Gasteiger partial charge in [-0.05, 0) is 37.1 Å². The average molecular weight is 275 g/mol. The number of aromatic hydroxyl groups is 1. The molecule has 0 saturated carbocycles. The van der Waals surface area contributed by atoms with Gasteiger partial charge in [0.2, 0.25) is 0 Å². The van der Waals surface area contributed by atoms with E-state index >= 15 is 0 Å². The zero-order valence-electron chi connectivity index (χ0n) is 10.8. The van der Waals surface area contributed by atoms with E-state index in [4.69, 9.17) is 0 Å². The smallest absolute Gasteiger partial charge is 0.406 e. The molecule has 0 radical (unpaired) electrons. The van der Waals surface area contributed by atoms with Gasteiger partial charge in [-0.2, -0.15) is 13.2 Å². The van der Waals surface area contributed by atoms with Gasteiger partial charge in [-0.3, -0.25) is 4.79 Å². The van der Waals surface area contributed by atoms with E-state index in [9.17, 15) is 23.1 Å². The van der Waals surface area contributed by atoms with E-state index < -0.39 is 18.6 Å². The number of aryl methyl sites for hydroxylation is 1. The lowest BCUT2D eigenvalue weighted by atomic mass is 10.1. The molecule has 0 fully saturated rings. The van der Waals surface area contributed by atoms with Crippen LogP contribution in [0.3, 0.4) is 0 Å². The average Bonchev–Trinajstić information content (AvgIpc) is 2.29. The van der Waals surface area contributed by atoms with Crippen LogP contribution in [0, 0.1) is 6.92 Å². The summed E-state index contributed by atoms with van der Waals surface area (Å²) in [6.45, 7) is 2.07. The minimum Gasteiger partial charge on any atom is -0.508 e. The molecule has 3 nitrogen and oxygen atoms in total. The van der Waals surface area contributed by atoms with Crippen molar-refractivity contribution in [2.75, 3.05) is 13.1 Å². The molecule has 1 aromatic carbocycles. The molecule has 1 N–H and O–H groups in total. The predicted octanol–water partition coefficient (Wildman–Crippen LogP) is 3.12. The third kappa shape index (κ3) is 4.46. The minimum atomic E-state index is -4.42. The van der Waals surface area contributed by atoms with E-state index in [1.54, 1.807) is 13.8 Å². The summed E-state index contributed by atoms with van der Waals surface area (Å²) in [5, 5.41) is 9.35. The molecule has 1 rings (SSSR count). The Balaban J connectivity index is 2.95. The quantitative estimate of drug-likeness (QED) is 0.917. The Labute approximate surface area is 109 Å². The van der Waals surface area contributed by atoms with Gasteiger partial charge in [0.15, 0.2) is 0 Å². The van der Waals surface area contributed by atoms with Crippen LogP contribution in [0.25, 0.3) is 0 Å². The van der Waals surface area contributed by atoms with Gasteiger partial charge in [0.05, 0.1) is 0 Å². The Morgan fingerprint density at radius 2 is 2.00 bits per heavy atom. The minimum absolute atomic E-state index is 0.00872. The van der Waals surface area contributed by atoms with Gasteiger partial charge in [0.1, 0.15) is 12.3 Å². The van der Waals surface area contributed by atoms with Gasteiger partial charge >= 0.3 is 6.18 Å². The van der Waals surface area contributed by atoms with E-state index in [-0.39, 0.29) is 17.9 Å². The molecule has 106 valence electrons. The first-order chi connectivity index (χ1) is 8.74. The Kier molecular flexibility index (Phi) is 4.80. The van der Waals surface area contributed by atoms with Gasteiger partial charge < -0.3 is 10.0 Å². The molecule has 0 unspecified atom stereocenters. The summed E-state index contributed by atoms with van der Waals surface area (Å²) >= 11 is 0. The fraction of sp³-hybridized carbons (Fsp3) is 0.462. The molecule has 1 amide bonds. The summed E-state index contributed by atoms with van der Waals surface area (Å²) in [4.78, 5) is 12.8. The first-order valence-electron chi connectivity index (χ1n) is 5.90. The van der Waals surface area contributed by atoms with E-state index in [2.05, 4.69) is 0 Å². The summed E-state index contributed by atoms with van der Waals surface area (Å²) in [5.74, 6) is -0.670. The van der Waals surface area contributed by atoms with Gasteiger partial charge in [-0.15, -0.1) is 0 Å². The van der Waals surface area contributed by atoms with Crippen molar-refractivity contribution in [3.63, 3.8) is 0 Å². The van der Waals surface area contributed by atoms with E-state index in [1.165, 1.54) is 18.2 Å². The number of phenols is 1. The van der Waals surface area contributed by atoms with Gasteiger partial charge in [0, 0.05) is 12.1 Å². The summed E-state index contributed by atoms with van der Waals surface area (Å²) in [6.07, 6.45) is -3.98. The number of carbonyl (C=O) groups is 1. The number of amides is 1. The van der Waals surface area contributed by atoms with Crippen LogP contribution in [0.2, 0.25) is 0 Å². The molecule has 0 bridgehead atoms. The van der Waals surface area contributed by atoms with E-state index in [0.29, 0.717) is 12.0 Å². The van der Waals surface area contributed by atoms with Crippen LogP contribution in [0.1, 0.15) is 29.3 Å². The van der Waals surface area contributed by atoms with Crippen LogP contribution in [0.15, 0.2) is 18.2 Å². The summed E-state index contributed by atoms with van der Waals surface area (Å²) in [5.41, 5.74) is 0.599. The first-order valence-corrected chi connectivity index (χ1v) is 5.90. The zero-order chi connectivity index (χ0) is 14.6. The van der Waals surface area contributed by atoms with Crippen molar-refractivity contribution in [1.82, 2.24) is 4.90 Å². The molecule has 0 aliphatic rings. The molecular weight excluding hydrogens is 259 g/mol. The van der Waals surface area contributed by atoms with Crippen LogP contribution in [0.4, 0.5) is 13.2 Å². The third-order valence-electron chi connectivity index (χ3n) is 2.59. The van der Waals surface area contributed by atoms with Crippen molar-refractivity contribution in [3.8, 4) is 5.75 Å². The number of hydrogen-bond acceptors (Lipinski definition) is 2. The number of halogens is 3. The van der Waals surface area contributed by atoms with Crippen molar-refractivity contribution in [3.05, 3.63) is 29.3 Å². The molecule has 6 heteroatoms. The van der Waals surface area contributed by atoms with E-state index in [1.807, 2.05) is 0 Å². The second kappa shape index (κ2) is 5.95. The Morgan fingerprint density at radius 3 is 2.47 bits per heavy atom. The maximum Gasteiger partial charge on any atom is 0.406 e. The fourth-order valence-corrected chi connectivity index (χ4v) is 1.71. The van der Waals surface area contributed by atoms with Crippen LogP contribution in [0.5, 0.6) is 5.75 Å². The molecule has 0 aliphatic heterocycles. The largest absolute Gasteiger partial charge is 0.508 e. The lowest BCUT2D eigenvalue weighted by Gasteiger charge is -2.23. The number of phenolic OH excluding ortho intramolecular Hbond substituents is 1. The van der Waals surface area contributed by atoms with Gasteiger partial charge in [0.25, 0.3) is 5.91 Å². The number of benzene rings is 1. The number of hydrogen-bond donors (Lipinski definition) is 1. The summed E-state index contributed by atoms with van der Waals surface area (Å²) in [7, 11) is 0. The fourth-order valence-electron chi connectivity index (χ4n) is 1.71. The second-order valence-electron chi connectivity index (χ2n) is 4.34. The number of carbonyl (C=O) groups excluding carboxylic acids is 1. The summed E-state index contributed by atoms with van der Waals surface area (Å²) < 4.78 is 37.2. The number of rotatable bonds is 4. The van der Waals surface area contributed by atoms with Gasteiger partial charge in [-0.25, -0.2) is 0 Å². The van der Waals surface area contributed by atoms with Crippen molar-refractivity contribution in [2.45, 2.75) is 26.4 Å². The standard InChI is InChI=1S/C13H16F3NO2/c1-3-6-17(8-13(14,15)16)12(19)10-4-5-11(18)9(2)7-10/h4-5,7,18H,3,6,8H2,1-2H3. The normalized spacial score (nSPS) is 11.4. The molecule has 0 heterocycles. The van der Waals surface area contributed by atoms with Crippen molar-refractivity contribution in [2.24, 2.45) is 0 Å². The van der Waals surface area contributed by atoms with Crippen molar-refractivity contribution >= 4 is 5.91 Å². The predicted molar refractivity (Wildman–Crippen MR) is 65.1 cm³/mol. The topological polar surface area (TPSA) is 40.5 Å². The van der Waals surface area contributed by atoms with Crippen LogP contribution in [-0.2, 0) is 0 Å². The molecular formula is C13H16F3NO2. The molecule has 0 atom stereocenters. The Bertz CT molecular complexity index is 458. The van der Waals surface area contributed by atoms with Crippen molar-refractivity contribution in [1.29, 1.82) is 0 Å². The lowest BCUT2D eigenvalue weighted by Crippen LogP contribution is -2.39. The molecule has 1 aromatic rings. The lowest BCUT2D eigenvalue weighted by molar-refractivity contribution is -0.140. The molecule has 0 spiro atoms. The van der Waals surface area contributed by atoms with E-state index in [0.717, 1.165) is 4.90 Å². The second-order valence-corrected chi connectivity index (χ2v) is 4.34. The highest BCUT2D eigenvalue weighted by atomic mass is 19.4. The highest BCUT2D eigenvalue weighted by Gasteiger charge is 2.33. The molecule has 19 heavy (non-hydrogen) atoms. The van der Waals surface area contributed by atoms with Crippen molar-refractivity contribution < 1.29 is 23.1 Å². The maximum absolute atomic E-state index is 12.4. The number of nitrogens with zero attached hydrogens (tertiary/aromatic N) is 1. The monoisotopic (exact) mass is 275 g/mol. The molecule has 0 aliphatic carbocycles. The molecule has 0 saturated heterocycles. The summed E-state index contributed by atoms with van der Waals surface area (Å²) in [6, 6.07) is 4.01. The first kappa shape index (κ1) is 15.3. The Hall–Kier alpha value is -1.72. The Morgan fingerprint density at radius 1 is 1.37 bits per heavy atom. The SMILES string of the molecule is CCCN(CC(F)(F)F)C(=O)c1ccc(O)c(C)c1. The van der Waals surface area contributed by atoms with Gasteiger partial charge in [-0.1, -0.05) is 6.92 Å².